The van der Waals surface area contributed by atoms with E-state index in [1.807, 2.05) is 25.3 Å². The van der Waals surface area contributed by atoms with Gasteiger partial charge in [-0.3, -0.25) is 14.9 Å². The van der Waals surface area contributed by atoms with Gasteiger partial charge in [0.05, 0.1) is 16.3 Å². The van der Waals surface area contributed by atoms with Gasteiger partial charge in [-0.25, -0.2) is 9.67 Å². The maximum atomic E-state index is 12.2. The molecule has 0 saturated heterocycles. The van der Waals surface area contributed by atoms with E-state index in [0.29, 0.717) is 13.0 Å². The molecule has 0 fully saturated rings. The van der Waals surface area contributed by atoms with E-state index in [1.165, 1.54) is 29.5 Å². The van der Waals surface area contributed by atoms with E-state index in [0.717, 1.165) is 22.2 Å². The zero-order chi connectivity index (χ0) is 19.6. The summed E-state index contributed by atoms with van der Waals surface area (Å²) in [5, 5.41) is 20.7. The molecule has 2 heterocycles. The van der Waals surface area contributed by atoms with Crippen LogP contribution in [0.15, 0.2) is 29.6 Å². The Kier molecular flexibility index (Phi) is 5.52. The largest absolute Gasteiger partial charge is 0.352 e. The number of hydrogen-bond donors (Lipinski definition) is 1. The second-order valence-electron chi connectivity index (χ2n) is 5.89. The molecular formula is C17H16ClN5O3S. The number of rotatable bonds is 6. The van der Waals surface area contributed by atoms with E-state index >= 15 is 0 Å². The predicted molar refractivity (Wildman–Crippen MR) is 103 cm³/mol. The van der Waals surface area contributed by atoms with Gasteiger partial charge in [0.25, 0.3) is 11.6 Å². The molecule has 0 atom stereocenters. The third kappa shape index (κ3) is 4.32. The number of aryl methyl sites for hydroxylation is 2. The SMILES string of the molecule is Cc1cc(C)n(-c2nc(CCNC(=O)c3ccc(Cl)c([N+](=O)[O-])c3)cs2)n1. The van der Waals surface area contributed by atoms with Gasteiger partial charge in [-0.15, -0.1) is 11.3 Å². The van der Waals surface area contributed by atoms with E-state index in [-0.39, 0.29) is 16.3 Å². The van der Waals surface area contributed by atoms with Crippen molar-refractivity contribution in [3.63, 3.8) is 0 Å². The lowest BCUT2D eigenvalue weighted by Gasteiger charge is -2.05. The van der Waals surface area contributed by atoms with Gasteiger partial charge in [-0.2, -0.15) is 5.10 Å². The first kappa shape index (κ1) is 19.0. The number of amides is 1. The highest BCUT2D eigenvalue weighted by molar-refractivity contribution is 7.12. The molecule has 1 N–H and O–H groups in total. The molecular weight excluding hydrogens is 390 g/mol. The van der Waals surface area contributed by atoms with Crippen molar-refractivity contribution in [3.05, 3.63) is 67.4 Å². The molecule has 0 spiro atoms. The fourth-order valence-corrected chi connectivity index (χ4v) is 3.58. The van der Waals surface area contributed by atoms with Crippen LogP contribution in [0, 0.1) is 24.0 Å². The Hall–Kier alpha value is -2.78. The van der Waals surface area contributed by atoms with Gasteiger partial charge >= 0.3 is 0 Å². The fourth-order valence-electron chi connectivity index (χ4n) is 2.53. The summed E-state index contributed by atoms with van der Waals surface area (Å²) in [5.41, 5.74) is 2.66. The van der Waals surface area contributed by atoms with E-state index < -0.39 is 10.8 Å². The van der Waals surface area contributed by atoms with Gasteiger partial charge in [0, 0.05) is 35.7 Å². The molecule has 0 radical (unpaired) electrons. The molecule has 10 heteroatoms. The van der Waals surface area contributed by atoms with Crippen molar-refractivity contribution < 1.29 is 9.72 Å². The summed E-state index contributed by atoms with van der Waals surface area (Å²) in [6.07, 6.45) is 0.539. The molecule has 1 aromatic carbocycles. The molecule has 1 amide bonds. The summed E-state index contributed by atoms with van der Waals surface area (Å²) >= 11 is 7.24. The summed E-state index contributed by atoms with van der Waals surface area (Å²) in [7, 11) is 0. The average molecular weight is 406 g/mol. The van der Waals surface area contributed by atoms with Gasteiger partial charge in [0.1, 0.15) is 5.02 Å². The second kappa shape index (κ2) is 7.85. The fraction of sp³-hybridized carbons (Fsp3) is 0.235. The van der Waals surface area contributed by atoms with E-state index in [9.17, 15) is 14.9 Å². The highest BCUT2D eigenvalue weighted by Gasteiger charge is 2.16. The minimum Gasteiger partial charge on any atom is -0.352 e. The summed E-state index contributed by atoms with van der Waals surface area (Å²) < 4.78 is 1.79. The van der Waals surface area contributed by atoms with Crippen LogP contribution in [-0.2, 0) is 6.42 Å². The number of nitrogens with one attached hydrogen (secondary N) is 1. The molecule has 0 aliphatic heterocycles. The molecule has 140 valence electrons. The first-order chi connectivity index (χ1) is 12.8. The first-order valence-electron chi connectivity index (χ1n) is 8.05. The number of nitrogens with zero attached hydrogens (tertiary/aromatic N) is 4. The standard InChI is InChI=1S/C17H16ClN5O3S/c1-10-7-11(2)22(21-10)17-20-13(9-27-17)5-6-19-16(24)12-3-4-14(18)15(8-12)23(25)26/h3-4,7-9H,5-6H2,1-2H3,(H,19,24). The van der Waals surface area contributed by atoms with E-state index in [1.54, 1.807) is 4.68 Å². The van der Waals surface area contributed by atoms with Crippen molar-refractivity contribution >= 4 is 34.5 Å². The number of carbonyl (C=O) groups is 1. The van der Waals surface area contributed by atoms with Crippen molar-refractivity contribution in [2.24, 2.45) is 0 Å². The summed E-state index contributed by atoms with van der Waals surface area (Å²) in [6.45, 7) is 4.25. The lowest BCUT2D eigenvalue weighted by Crippen LogP contribution is -2.25. The third-order valence-electron chi connectivity index (χ3n) is 3.80. The Morgan fingerprint density at radius 2 is 2.15 bits per heavy atom. The van der Waals surface area contributed by atoms with Gasteiger partial charge in [0.15, 0.2) is 0 Å². The summed E-state index contributed by atoms with van der Waals surface area (Å²) in [5.74, 6) is -0.399. The third-order valence-corrected chi connectivity index (χ3v) is 4.99. The van der Waals surface area contributed by atoms with Crippen LogP contribution < -0.4 is 5.32 Å². The Balaban J connectivity index is 1.60. The summed E-state index contributed by atoms with van der Waals surface area (Å²) in [6, 6.07) is 5.94. The van der Waals surface area contributed by atoms with E-state index in [2.05, 4.69) is 15.4 Å². The predicted octanol–water partition coefficient (Wildman–Crippen LogP) is 3.48. The number of halogens is 1. The smallest absolute Gasteiger partial charge is 0.288 e. The highest BCUT2D eigenvalue weighted by Crippen LogP contribution is 2.25. The number of nitro benzene ring substituents is 1. The Labute approximate surface area is 164 Å². The first-order valence-corrected chi connectivity index (χ1v) is 9.31. The molecule has 3 aromatic rings. The van der Waals surface area contributed by atoms with Crippen molar-refractivity contribution in [3.8, 4) is 5.13 Å². The Morgan fingerprint density at radius 3 is 2.81 bits per heavy atom. The minimum atomic E-state index is -0.616. The molecule has 0 aliphatic rings. The molecule has 2 aromatic heterocycles. The molecule has 0 bridgehead atoms. The van der Waals surface area contributed by atoms with Gasteiger partial charge in [-0.1, -0.05) is 11.6 Å². The molecule has 27 heavy (non-hydrogen) atoms. The maximum absolute atomic E-state index is 12.2. The quantitative estimate of drug-likeness (QED) is 0.499. The maximum Gasteiger partial charge on any atom is 0.288 e. The lowest BCUT2D eigenvalue weighted by molar-refractivity contribution is -0.384. The zero-order valence-corrected chi connectivity index (χ0v) is 16.2. The monoisotopic (exact) mass is 405 g/mol. The van der Waals surface area contributed by atoms with Gasteiger partial charge in [0.2, 0.25) is 5.13 Å². The van der Waals surface area contributed by atoms with Gasteiger partial charge in [-0.05, 0) is 32.0 Å². The number of aromatic nitrogens is 3. The average Bonchev–Trinajstić information content (AvgIpc) is 3.20. The van der Waals surface area contributed by atoms with Crippen molar-refractivity contribution in [2.45, 2.75) is 20.3 Å². The highest BCUT2D eigenvalue weighted by atomic mass is 35.5. The van der Waals surface area contributed by atoms with Crippen molar-refractivity contribution in [1.82, 2.24) is 20.1 Å². The van der Waals surface area contributed by atoms with Crippen molar-refractivity contribution in [1.29, 1.82) is 0 Å². The number of thiazole rings is 1. The zero-order valence-electron chi connectivity index (χ0n) is 14.6. The number of nitro groups is 1. The molecule has 8 nitrogen and oxygen atoms in total. The van der Waals surface area contributed by atoms with Crippen LogP contribution in [0.2, 0.25) is 5.02 Å². The van der Waals surface area contributed by atoms with Crippen LogP contribution in [0.1, 0.15) is 27.4 Å². The topological polar surface area (TPSA) is 103 Å². The lowest BCUT2D eigenvalue weighted by atomic mass is 10.2. The molecule has 3 rings (SSSR count). The second-order valence-corrected chi connectivity index (χ2v) is 7.13. The Morgan fingerprint density at radius 1 is 1.37 bits per heavy atom. The normalized spacial score (nSPS) is 10.8. The molecule has 0 aliphatic carbocycles. The van der Waals surface area contributed by atoms with Crippen LogP contribution in [0.25, 0.3) is 5.13 Å². The minimum absolute atomic E-state index is 0.00398. The van der Waals surface area contributed by atoms with Crippen molar-refractivity contribution in [2.75, 3.05) is 6.54 Å². The molecule has 0 unspecified atom stereocenters. The summed E-state index contributed by atoms with van der Waals surface area (Å²) in [4.78, 5) is 27.0. The van der Waals surface area contributed by atoms with Gasteiger partial charge < -0.3 is 5.32 Å². The van der Waals surface area contributed by atoms with Crippen LogP contribution in [-0.4, -0.2) is 32.1 Å². The Bertz CT molecular complexity index is 1010. The van der Waals surface area contributed by atoms with Crippen LogP contribution >= 0.6 is 22.9 Å². The van der Waals surface area contributed by atoms with Crippen LogP contribution in [0.3, 0.4) is 0 Å². The van der Waals surface area contributed by atoms with E-state index in [4.69, 9.17) is 11.6 Å². The number of hydrogen-bond acceptors (Lipinski definition) is 6. The number of carbonyl (C=O) groups excluding carboxylic acids is 1. The molecule has 0 saturated carbocycles. The van der Waals surface area contributed by atoms with Crippen LogP contribution in [0.4, 0.5) is 5.69 Å². The van der Waals surface area contributed by atoms with Crippen LogP contribution in [0.5, 0.6) is 0 Å². The number of benzene rings is 1.